The summed E-state index contributed by atoms with van der Waals surface area (Å²) in [4.78, 5) is 34.3. The minimum absolute atomic E-state index is 0.0302. The summed E-state index contributed by atoms with van der Waals surface area (Å²) in [5, 5.41) is 20.3. The summed E-state index contributed by atoms with van der Waals surface area (Å²) in [6, 6.07) is 7.73. The molecule has 0 saturated heterocycles. The number of unbranched alkanes of at least 4 members (excludes halogenated alkanes) is 8. The van der Waals surface area contributed by atoms with Gasteiger partial charge in [0.25, 0.3) is 0 Å². The molecule has 30 heavy (non-hydrogen) atoms. The van der Waals surface area contributed by atoms with Crippen LogP contribution in [0.1, 0.15) is 83.5 Å². The van der Waals surface area contributed by atoms with Gasteiger partial charge in [-0.25, -0.2) is 0 Å². The second kappa shape index (κ2) is 16.7. The highest BCUT2D eigenvalue weighted by molar-refractivity contribution is 7.99. The van der Waals surface area contributed by atoms with Gasteiger partial charge in [0.1, 0.15) is 0 Å². The van der Waals surface area contributed by atoms with Crippen molar-refractivity contribution in [3.63, 3.8) is 0 Å². The molecule has 0 atom stereocenters. The van der Waals surface area contributed by atoms with Crippen LogP contribution in [0.3, 0.4) is 0 Å². The van der Waals surface area contributed by atoms with E-state index in [-0.39, 0.29) is 18.7 Å². The zero-order valence-electron chi connectivity index (χ0n) is 17.7. The van der Waals surface area contributed by atoms with E-state index in [0.29, 0.717) is 12.8 Å². The zero-order chi connectivity index (χ0) is 22.0. The maximum atomic E-state index is 12.2. The lowest BCUT2D eigenvalue weighted by atomic mass is 10.1. The molecular weight excluding hydrogens is 402 g/mol. The summed E-state index contributed by atoms with van der Waals surface area (Å²) < 4.78 is 0. The number of hydrogen-bond donors (Lipinski definition) is 3. The van der Waals surface area contributed by atoms with Crippen LogP contribution in [0.25, 0.3) is 0 Å². The number of nitrogens with one attached hydrogen (secondary N) is 1. The third-order valence-electron chi connectivity index (χ3n) is 4.75. The Balaban J connectivity index is 2.13. The average Bonchev–Trinajstić information content (AvgIpc) is 2.70. The maximum Gasteiger partial charge on any atom is 0.303 e. The fourth-order valence-corrected chi connectivity index (χ4v) is 4.11. The molecule has 0 aliphatic carbocycles. The summed E-state index contributed by atoms with van der Waals surface area (Å²) in [5.41, 5.74) is 0.826. The molecule has 0 unspecified atom stereocenters. The van der Waals surface area contributed by atoms with Crippen LogP contribution in [0.2, 0.25) is 0 Å². The molecule has 1 rings (SSSR count). The maximum absolute atomic E-state index is 12.2. The Bertz CT molecular complexity index is 650. The van der Waals surface area contributed by atoms with Crippen molar-refractivity contribution in [2.45, 2.75) is 88.4 Å². The molecule has 168 valence electrons. The van der Waals surface area contributed by atoms with Crippen molar-refractivity contribution in [3.05, 3.63) is 24.3 Å². The zero-order valence-corrected chi connectivity index (χ0v) is 18.6. The van der Waals surface area contributed by atoms with Gasteiger partial charge in [-0.15, -0.1) is 11.8 Å². The van der Waals surface area contributed by atoms with Crippen LogP contribution >= 0.6 is 11.8 Å². The molecule has 0 aromatic heterocycles. The minimum atomic E-state index is -0.761. The third kappa shape index (κ3) is 14.0. The molecule has 0 spiro atoms. The Morgan fingerprint density at radius 3 is 1.80 bits per heavy atom. The van der Waals surface area contributed by atoms with Crippen molar-refractivity contribution in [1.82, 2.24) is 0 Å². The summed E-state index contributed by atoms with van der Waals surface area (Å²) >= 11 is 1.64. The van der Waals surface area contributed by atoms with Crippen LogP contribution in [-0.2, 0) is 14.4 Å². The summed E-state index contributed by atoms with van der Waals surface area (Å²) in [7, 11) is 0. The summed E-state index contributed by atoms with van der Waals surface area (Å²) in [6.07, 6.45) is 10.6. The number of amides is 1. The van der Waals surface area contributed by atoms with E-state index in [1.165, 1.54) is 0 Å². The highest BCUT2D eigenvalue weighted by Crippen LogP contribution is 2.28. The fourth-order valence-electron chi connectivity index (χ4n) is 3.09. The predicted octanol–water partition coefficient (Wildman–Crippen LogP) is 5.96. The average molecular weight is 438 g/mol. The number of anilines is 1. The van der Waals surface area contributed by atoms with Gasteiger partial charge in [0, 0.05) is 24.2 Å². The molecule has 0 aliphatic rings. The van der Waals surface area contributed by atoms with E-state index < -0.39 is 11.9 Å². The number of aliphatic carboxylic acids is 2. The Morgan fingerprint density at radius 2 is 1.20 bits per heavy atom. The molecule has 0 aliphatic heterocycles. The van der Waals surface area contributed by atoms with Crippen LogP contribution < -0.4 is 5.32 Å². The normalized spacial score (nSPS) is 10.7. The lowest BCUT2D eigenvalue weighted by Crippen LogP contribution is -2.11. The van der Waals surface area contributed by atoms with Gasteiger partial charge in [0.05, 0.1) is 5.69 Å². The topological polar surface area (TPSA) is 104 Å². The predicted molar refractivity (Wildman–Crippen MR) is 121 cm³/mol. The van der Waals surface area contributed by atoms with Crippen LogP contribution in [0, 0.1) is 0 Å². The van der Waals surface area contributed by atoms with Crippen LogP contribution in [0.5, 0.6) is 0 Å². The van der Waals surface area contributed by atoms with Crippen molar-refractivity contribution in [3.8, 4) is 0 Å². The number of carbonyl (C=O) groups excluding carboxylic acids is 1. The van der Waals surface area contributed by atoms with E-state index in [9.17, 15) is 14.4 Å². The van der Waals surface area contributed by atoms with Gasteiger partial charge < -0.3 is 15.5 Å². The summed E-state index contributed by atoms with van der Waals surface area (Å²) in [5.74, 6) is -0.618. The van der Waals surface area contributed by atoms with E-state index in [0.717, 1.165) is 74.1 Å². The van der Waals surface area contributed by atoms with Crippen LogP contribution in [0.4, 0.5) is 5.69 Å². The van der Waals surface area contributed by atoms with E-state index in [2.05, 4.69) is 5.32 Å². The van der Waals surface area contributed by atoms with Crippen molar-refractivity contribution >= 4 is 35.3 Å². The van der Waals surface area contributed by atoms with Crippen molar-refractivity contribution in [2.75, 3.05) is 11.1 Å². The van der Waals surface area contributed by atoms with Crippen molar-refractivity contribution in [2.24, 2.45) is 0 Å². The monoisotopic (exact) mass is 437 g/mol. The molecular formula is C23H35NO5S. The molecule has 3 N–H and O–H groups in total. The van der Waals surface area contributed by atoms with Gasteiger partial charge in [-0.3, -0.25) is 14.4 Å². The van der Waals surface area contributed by atoms with Gasteiger partial charge >= 0.3 is 11.9 Å². The number of carboxylic acids is 2. The van der Waals surface area contributed by atoms with Crippen molar-refractivity contribution in [1.29, 1.82) is 0 Å². The van der Waals surface area contributed by atoms with Gasteiger partial charge in [-0.05, 0) is 43.6 Å². The van der Waals surface area contributed by atoms with E-state index in [1.54, 1.807) is 11.8 Å². The number of thioether (sulfide) groups is 1. The Labute approximate surface area is 183 Å². The first kappa shape index (κ1) is 26.0. The largest absolute Gasteiger partial charge is 0.481 e. The minimum Gasteiger partial charge on any atom is -0.481 e. The van der Waals surface area contributed by atoms with Crippen molar-refractivity contribution < 1.29 is 24.6 Å². The quantitative estimate of drug-likeness (QED) is 0.193. The van der Waals surface area contributed by atoms with Gasteiger partial charge in [0.15, 0.2) is 0 Å². The van der Waals surface area contributed by atoms with Gasteiger partial charge in [-0.1, -0.05) is 50.7 Å². The Kier molecular flexibility index (Phi) is 14.5. The SMILES string of the molecule is O=C(O)CCCCCCCCCCC(=O)Nc1ccccc1SCCCCC(=O)O. The molecule has 1 aromatic carbocycles. The molecule has 0 bridgehead atoms. The molecule has 0 saturated carbocycles. The van der Waals surface area contributed by atoms with E-state index in [4.69, 9.17) is 10.2 Å². The van der Waals surface area contributed by atoms with Crippen LogP contribution in [-0.4, -0.2) is 33.8 Å². The standard InChI is InChI=1S/C23H35NO5S/c25-21(15-7-5-3-1-2-4-6-8-16-22(26)27)24-19-13-9-10-14-20(19)30-18-12-11-17-23(28)29/h9-10,13-14H,1-8,11-12,15-18H2,(H,24,25)(H,26,27)(H,28,29). The molecule has 1 amide bonds. The number of carboxylic acid groups (broad SMARTS) is 2. The lowest BCUT2D eigenvalue weighted by molar-refractivity contribution is -0.138. The fraction of sp³-hybridized carbons (Fsp3) is 0.609. The van der Waals surface area contributed by atoms with Crippen LogP contribution in [0.15, 0.2) is 29.2 Å². The highest BCUT2D eigenvalue weighted by atomic mass is 32.2. The lowest BCUT2D eigenvalue weighted by Gasteiger charge is -2.10. The molecule has 1 aromatic rings. The first-order chi connectivity index (χ1) is 14.5. The molecule has 0 radical (unpaired) electrons. The first-order valence-electron chi connectivity index (χ1n) is 10.9. The van der Waals surface area contributed by atoms with Gasteiger partial charge in [0.2, 0.25) is 5.91 Å². The Hall–Kier alpha value is -2.02. The molecule has 0 heterocycles. The Morgan fingerprint density at radius 1 is 0.700 bits per heavy atom. The number of para-hydroxylation sites is 1. The third-order valence-corrected chi connectivity index (χ3v) is 5.91. The summed E-state index contributed by atoms with van der Waals surface area (Å²) in [6.45, 7) is 0. The second-order valence-electron chi connectivity index (χ2n) is 7.47. The van der Waals surface area contributed by atoms with E-state index >= 15 is 0 Å². The first-order valence-corrected chi connectivity index (χ1v) is 11.9. The van der Waals surface area contributed by atoms with Gasteiger partial charge in [-0.2, -0.15) is 0 Å². The molecule has 0 fully saturated rings. The molecule has 6 nitrogen and oxygen atoms in total. The second-order valence-corrected chi connectivity index (χ2v) is 8.60. The highest BCUT2D eigenvalue weighted by Gasteiger charge is 2.07. The number of hydrogen-bond acceptors (Lipinski definition) is 4. The number of benzene rings is 1. The number of carbonyl (C=O) groups is 3. The van der Waals surface area contributed by atoms with E-state index in [1.807, 2.05) is 24.3 Å². The molecule has 7 heteroatoms. The smallest absolute Gasteiger partial charge is 0.303 e. The number of rotatable bonds is 18.